The number of imidazole rings is 1. The molecule has 7 aromatic rings. The van der Waals surface area contributed by atoms with Gasteiger partial charge in [0, 0.05) is 31.4 Å². The third-order valence-electron chi connectivity index (χ3n) is 9.82. The first-order valence-electron chi connectivity index (χ1n) is 17.4. The van der Waals surface area contributed by atoms with E-state index in [1.807, 2.05) is 91.0 Å². The van der Waals surface area contributed by atoms with Crippen LogP contribution in [0.5, 0.6) is 0 Å². The molecule has 4 aromatic heterocycles. The summed E-state index contributed by atoms with van der Waals surface area (Å²) < 4.78 is 50.0. The molecule has 1 aliphatic carbocycles. The summed E-state index contributed by atoms with van der Waals surface area (Å²) in [5.74, 6) is -2.95. The highest BCUT2D eigenvalue weighted by molar-refractivity contribution is 5.92. The van der Waals surface area contributed by atoms with Crippen molar-refractivity contribution in [3.8, 4) is 11.4 Å². The van der Waals surface area contributed by atoms with E-state index in [1.54, 1.807) is 28.8 Å². The van der Waals surface area contributed by atoms with Gasteiger partial charge in [-0.05, 0) is 48.4 Å². The number of benzene rings is 3. The van der Waals surface area contributed by atoms with Gasteiger partial charge in [-0.25, -0.2) is 32.8 Å². The van der Waals surface area contributed by atoms with Crippen LogP contribution in [0.2, 0.25) is 0 Å². The normalized spacial score (nSPS) is 16.1. The topological polar surface area (TPSA) is 103 Å². The Morgan fingerprint density at radius 2 is 1.42 bits per heavy atom. The second-order valence-corrected chi connectivity index (χ2v) is 13.3. The second-order valence-electron chi connectivity index (χ2n) is 13.3. The second kappa shape index (κ2) is 14.0. The summed E-state index contributed by atoms with van der Waals surface area (Å²) in [5, 5.41) is 11.4. The van der Waals surface area contributed by atoms with Crippen molar-refractivity contribution in [2.24, 2.45) is 7.05 Å². The van der Waals surface area contributed by atoms with E-state index in [4.69, 9.17) is 5.10 Å². The number of anilines is 1. The zero-order chi connectivity index (χ0) is 36.5. The van der Waals surface area contributed by atoms with Gasteiger partial charge in [-0.2, -0.15) is 5.10 Å². The van der Waals surface area contributed by atoms with E-state index in [-0.39, 0.29) is 46.2 Å². The molecular formula is C41H35F3N8O. The van der Waals surface area contributed by atoms with Crippen molar-refractivity contribution >= 4 is 22.8 Å². The maximum absolute atomic E-state index is 16.0. The summed E-state index contributed by atoms with van der Waals surface area (Å²) in [5.41, 5.74) is 1.67. The van der Waals surface area contributed by atoms with Crippen molar-refractivity contribution in [1.82, 2.24) is 34.6 Å². The summed E-state index contributed by atoms with van der Waals surface area (Å²) >= 11 is 0. The molecule has 4 heterocycles. The molecule has 9 nitrogen and oxygen atoms in total. The molecule has 2 unspecified atom stereocenters. The van der Waals surface area contributed by atoms with Crippen LogP contribution in [-0.4, -0.2) is 47.3 Å². The van der Waals surface area contributed by atoms with Gasteiger partial charge in [-0.1, -0.05) is 91.0 Å². The number of aromatic nitrogens is 6. The lowest BCUT2D eigenvalue weighted by atomic mass is 9.77. The van der Waals surface area contributed by atoms with E-state index in [0.717, 1.165) is 41.8 Å². The molecule has 53 heavy (non-hydrogen) atoms. The van der Waals surface area contributed by atoms with Crippen LogP contribution in [0.3, 0.4) is 0 Å². The van der Waals surface area contributed by atoms with Crippen LogP contribution >= 0.6 is 0 Å². The molecule has 1 fully saturated rings. The predicted molar refractivity (Wildman–Crippen MR) is 196 cm³/mol. The molecule has 1 aliphatic rings. The van der Waals surface area contributed by atoms with Crippen LogP contribution in [0.25, 0.3) is 22.4 Å². The first kappa shape index (κ1) is 33.8. The Kier molecular flexibility index (Phi) is 8.95. The van der Waals surface area contributed by atoms with Crippen LogP contribution in [0.1, 0.15) is 52.9 Å². The van der Waals surface area contributed by atoms with Gasteiger partial charge in [0.15, 0.2) is 23.1 Å². The van der Waals surface area contributed by atoms with Crippen LogP contribution in [-0.2, 0) is 12.6 Å². The number of aryl methyl sites for hydroxylation is 1. The van der Waals surface area contributed by atoms with E-state index in [0.29, 0.717) is 18.5 Å². The quantitative estimate of drug-likeness (QED) is 0.149. The van der Waals surface area contributed by atoms with Gasteiger partial charge in [0.1, 0.15) is 28.4 Å². The molecule has 0 bridgehead atoms. The van der Waals surface area contributed by atoms with Crippen molar-refractivity contribution in [3.05, 3.63) is 162 Å². The number of fused-ring (bicyclic) bond motifs is 1. The highest BCUT2D eigenvalue weighted by Crippen LogP contribution is 2.44. The van der Waals surface area contributed by atoms with E-state index >= 15 is 13.2 Å². The highest BCUT2D eigenvalue weighted by atomic mass is 19.1. The number of carbonyl (C=O) groups is 1. The molecule has 0 radical (unpaired) electrons. The van der Waals surface area contributed by atoms with Crippen LogP contribution in [0, 0.1) is 17.5 Å². The lowest BCUT2D eigenvalue weighted by molar-refractivity contribution is 0.0921. The number of pyridine rings is 2. The summed E-state index contributed by atoms with van der Waals surface area (Å²) in [6.07, 6.45) is 6.99. The van der Waals surface area contributed by atoms with Gasteiger partial charge >= 0.3 is 0 Å². The van der Waals surface area contributed by atoms with Crippen molar-refractivity contribution < 1.29 is 18.0 Å². The van der Waals surface area contributed by atoms with Gasteiger partial charge in [0.05, 0.1) is 17.9 Å². The molecule has 266 valence electrons. The molecule has 0 saturated heterocycles. The van der Waals surface area contributed by atoms with E-state index in [2.05, 4.69) is 25.6 Å². The monoisotopic (exact) mass is 712 g/mol. The minimum absolute atomic E-state index is 0.00358. The van der Waals surface area contributed by atoms with Crippen molar-refractivity contribution in [3.63, 3.8) is 0 Å². The molecule has 0 spiro atoms. The van der Waals surface area contributed by atoms with Crippen LogP contribution < -0.4 is 10.6 Å². The van der Waals surface area contributed by atoms with Crippen LogP contribution in [0.15, 0.2) is 122 Å². The maximum Gasteiger partial charge on any atom is 0.271 e. The van der Waals surface area contributed by atoms with Gasteiger partial charge < -0.3 is 15.2 Å². The van der Waals surface area contributed by atoms with Gasteiger partial charge in [0.25, 0.3) is 5.91 Å². The molecule has 1 saturated carbocycles. The molecule has 1 amide bonds. The fourth-order valence-electron chi connectivity index (χ4n) is 7.46. The minimum atomic E-state index is -1.15. The number of rotatable bonds is 9. The largest absolute Gasteiger partial charge is 0.365 e. The first-order valence-corrected chi connectivity index (χ1v) is 17.4. The Bertz CT molecular complexity index is 2300. The van der Waals surface area contributed by atoms with E-state index in [9.17, 15) is 4.79 Å². The predicted octanol–water partition coefficient (Wildman–Crippen LogP) is 7.64. The Balaban J connectivity index is 1.23. The Labute approximate surface area is 303 Å². The van der Waals surface area contributed by atoms with E-state index in [1.165, 1.54) is 6.07 Å². The Morgan fingerprint density at radius 1 is 0.792 bits per heavy atom. The third-order valence-corrected chi connectivity index (χ3v) is 9.82. The Hall–Kier alpha value is -6.30. The van der Waals surface area contributed by atoms with E-state index < -0.39 is 23.0 Å². The molecule has 8 rings (SSSR count). The molecule has 2 atom stereocenters. The molecule has 0 aliphatic heterocycles. The van der Waals surface area contributed by atoms with Crippen molar-refractivity contribution in [2.45, 2.75) is 43.3 Å². The van der Waals surface area contributed by atoms with Gasteiger partial charge in [0.2, 0.25) is 0 Å². The number of nitrogens with zero attached hydrogens (tertiary/aromatic N) is 6. The fourth-order valence-corrected chi connectivity index (χ4v) is 7.46. The lowest BCUT2D eigenvalue weighted by Crippen LogP contribution is -2.42. The lowest BCUT2D eigenvalue weighted by Gasteiger charge is -2.36. The number of halogens is 3. The SMILES string of the molecule is Cn1cnc(C(=O)NC2CCCC(Nc3nc(-c4nn(C(c5ccccc5)(c5ccccc5)c5ccccc5)c5ncc(F)cc45)c(F)cc3F)C2)c1. The highest BCUT2D eigenvalue weighted by Gasteiger charge is 2.42. The minimum Gasteiger partial charge on any atom is -0.365 e. The van der Waals surface area contributed by atoms with Crippen molar-refractivity contribution in [1.29, 1.82) is 0 Å². The smallest absolute Gasteiger partial charge is 0.271 e. The fraction of sp³-hybridized carbons (Fsp3) is 0.195. The number of hydrogen-bond acceptors (Lipinski definition) is 6. The van der Waals surface area contributed by atoms with Crippen LogP contribution in [0.4, 0.5) is 19.0 Å². The zero-order valence-corrected chi connectivity index (χ0v) is 28.8. The molecule has 3 aromatic carbocycles. The third kappa shape index (κ3) is 6.30. The summed E-state index contributed by atoms with van der Waals surface area (Å²) in [6, 6.07) is 30.7. The van der Waals surface area contributed by atoms with Crippen molar-refractivity contribution in [2.75, 3.05) is 5.32 Å². The first-order chi connectivity index (χ1) is 25.8. The summed E-state index contributed by atoms with van der Waals surface area (Å²) in [7, 11) is 1.79. The van der Waals surface area contributed by atoms with Gasteiger partial charge in [-0.3, -0.25) is 4.79 Å². The maximum atomic E-state index is 16.0. The standard InChI is InChI=1S/C41H35F3N8O/c1-51-24-35(46-25-51)40(53)48-31-19-11-18-30(21-31)47-38-34(44)22-33(43)37(49-38)36-32-20-29(42)23-45-39(32)52(50-36)41(26-12-5-2-6-13-26,27-14-7-3-8-15-27)28-16-9-4-10-17-28/h2-10,12-17,20,22-25,30-31H,11,18-19,21H2,1H3,(H,47,49)(H,48,53). The molecular weight excluding hydrogens is 678 g/mol. The average molecular weight is 713 g/mol. The zero-order valence-electron chi connectivity index (χ0n) is 28.8. The number of amides is 1. The average Bonchev–Trinajstić information content (AvgIpc) is 3.78. The number of carbonyl (C=O) groups excluding carboxylic acids is 1. The van der Waals surface area contributed by atoms with Gasteiger partial charge in [-0.15, -0.1) is 0 Å². The number of hydrogen-bond donors (Lipinski definition) is 2. The summed E-state index contributed by atoms with van der Waals surface area (Å²) in [6.45, 7) is 0. The number of nitrogens with one attached hydrogen (secondary N) is 2. The molecule has 12 heteroatoms. The molecule has 2 N–H and O–H groups in total. The Morgan fingerprint density at radius 3 is 2.02 bits per heavy atom. The summed E-state index contributed by atoms with van der Waals surface area (Å²) in [4.78, 5) is 25.9.